The summed E-state index contributed by atoms with van der Waals surface area (Å²) in [6, 6.07) is 13.0. The molecular weight excluding hydrogens is 399 g/mol. The molecule has 5 heteroatoms. The lowest BCUT2D eigenvalue weighted by molar-refractivity contribution is 0.102. The van der Waals surface area contributed by atoms with Crippen LogP contribution >= 0.6 is 34.2 Å². The molecule has 0 aliphatic rings. The van der Waals surface area contributed by atoms with E-state index in [2.05, 4.69) is 40.1 Å². The second kappa shape index (κ2) is 7.66. The highest BCUT2D eigenvalue weighted by Crippen LogP contribution is 2.22. The maximum absolute atomic E-state index is 12.4. The Morgan fingerprint density at radius 1 is 1.24 bits per heavy atom. The molecule has 0 aliphatic carbocycles. The Balaban J connectivity index is 2.23. The van der Waals surface area contributed by atoms with Crippen LogP contribution in [0.3, 0.4) is 0 Å². The molecule has 2 N–H and O–H groups in total. The molecule has 0 bridgehead atoms. The molecule has 0 heterocycles. The Kier molecular flexibility index (Phi) is 5.87. The Bertz CT molecular complexity index is 646. The molecule has 0 radical (unpaired) electrons. The zero-order valence-electron chi connectivity index (χ0n) is 11.6. The summed E-state index contributed by atoms with van der Waals surface area (Å²) >= 11 is 8.23. The summed E-state index contributed by atoms with van der Waals surface area (Å²) in [5, 5.41) is 6.69. The third-order valence-electron chi connectivity index (χ3n) is 2.87. The van der Waals surface area contributed by atoms with Crippen LogP contribution in [-0.2, 0) is 0 Å². The molecule has 0 saturated carbocycles. The molecule has 0 aliphatic heterocycles. The van der Waals surface area contributed by atoms with E-state index in [0.29, 0.717) is 10.6 Å². The second-order valence-corrected chi connectivity index (χ2v) is 6.26. The van der Waals surface area contributed by atoms with Crippen molar-refractivity contribution in [1.82, 2.24) is 0 Å². The van der Waals surface area contributed by atoms with E-state index in [1.807, 2.05) is 30.3 Å². The van der Waals surface area contributed by atoms with Crippen LogP contribution in [0.25, 0.3) is 0 Å². The van der Waals surface area contributed by atoms with E-state index in [0.717, 1.165) is 27.9 Å². The van der Waals surface area contributed by atoms with Gasteiger partial charge in [-0.3, -0.25) is 4.79 Å². The number of hydrogen-bond acceptors (Lipinski definition) is 2. The molecule has 2 aromatic carbocycles. The molecule has 0 atom stereocenters. The molecule has 0 aromatic heterocycles. The average molecular weight is 415 g/mol. The standard InChI is InChI=1S/C16H16ClIN2O/c1-2-8-19-15-7-6-11(17)9-14(15)16(21)20-13-5-3-4-12(18)10-13/h3-7,9-10,19H,2,8H2,1H3,(H,20,21). The Morgan fingerprint density at radius 2 is 2.05 bits per heavy atom. The van der Waals surface area contributed by atoms with Gasteiger partial charge in [0, 0.05) is 26.5 Å². The molecule has 2 aromatic rings. The second-order valence-electron chi connectivity index (χ2n) is 4.58. The minimum atomic E-state index is -0.168. The predicted octanol–water partition coefficient (Wildman–Crippen LogP) is 5.02. The van der Waals surface area contributed by atoms with E-state index in [1.54, 1.807) is 12.1 Å². The first-order chi connectivity index (χ1) is 10.1. The SMILES string of the molecule is CCCNc1ccc(Cl)cc1C(=O)Nc1cccc(I)c1. The molecule has 0 saturated heterocycles. The Morgan fingerprint density at radius 3 is 2.76 bits per heavy atom. The fourth-order valence-electron chi connectivity index (χ4n) is 1.88. The van der Waals surface area contributed by atoms with Gasteiger partial charge in [0.25, 0.3) is 5.91 Å². The molecule has 0 unspecified atom stereocenters. The molecule has 21 heavy (non-hydrogen) atoms. The van der Waals surface area contributed by atoms with E-state index in [9.17, 15) is 4.79 Å². The van der Waals surface area contributed by atoms with Gasteiger partial charge in [-0.05, 0) is 65.4 Å². The lowest BCUT2D eigenvalue weighted by atomic mass is 10.1. The Labute approximate surface area is 143 Å². The maximum atomic E-state index is 12.4. The van der Waals surface area contributed by atoms with Crippen LogP contribution in [0.1, 0.15) is 23.7 Å². The number of rotatable bonds is 5. The Hall–Kier alpha value is -1.27. The molecule has 110 valence electrons. The number of amides is 1. The van der Waals surface area contributed by atoms with Crippen molar-refractivity contribution < 1.29 is 4.79 Å². The molecule has 0 spiro atoms. The van der Waals surface area contributed by atoms with Crippen LogP contribution in [0.5, 0.6) is 0 Å². The van der Waals surface area contributed by atoms with Crippen molar-refractivity contribution in [3.63, 3.8) is 0 Å². The third kappa shape index (κ3) is 4.61. The van der Waals surface area contributed by atoms with Crippen LogP contribution in [0.15, 0.2) is 42.5 Å². The van der Waals surface area contributed by atoms with Crippen molar-refractivity contribution in [1.29, 1.82) is 0 Å². The average Bonchev–Trinajstić information content (AvgIpc) is 2.46. The van der Waals surface area contributed by atoms with E-state index >= 15 is 0 Å². The lowest BCUT2D eigenvalue weighted by Gasteiger charge is -2.12. The lowest BCUT2D eigenvalue weighted by Crippen LogP contribution is -2.15. The van der Waals surface area contributed by atoms with Crippen LogP contribution in [0, 0.1) is 3.57 Å². The first kappa shape index (κ1) is 16.1. The topological polar surface area (TPSA) is 41.1 Å². The van der Waals surface area contributed by atoms with Crippen molar-refractivity contribution in [3.05, 3.63) is 56.6 Å². The van der Waals surface area contributed by atoms with Crippen molar-refractivity contribution in [2.45, 2.75) is 13.3 Å². The zero-order valence-corrected chi connectivity index (χ0v) is 14.5. The van der Waals surface area contributed by atoms with Gasteiger partial charge in [-0.25, -0.2) is 0 Å². The number of carbonyl (C=O) groups excluding carboxylic acids is 1. The summed E-state index contributed by atoms with van der Waals surface area (Å²) in [5.41, 5.74) is 2.12. The van der Waals surface area contributed by atoms with E-state index in [1.165, 1.54) is 0 Å². The largest absolute Gasteiger partial charge is 0.384 e. The number of nitrogens with one attached hydrogen (secondary N) is 2. The number of hydrogen-bond donors (Lipinski definition) is 2. The van der Waals surface area contributed by atoms with E-state index in [4.69, 9.17) is 11.6 Å². The van der Waals surface area contributed by atoms with Gasteiger partial charge in [0.05, 0.1) is 5.56 Å². The summed E-state index contributed by atoms with van der Waals surface area (Å²) in [6.45, 7) is 2.89. The normalized spacial score (nSPS) is 10.2. The van der Waals surface area contributed by atoms with Crippen LogP contribution in [0.4, 0.5) is 11.4 Å². The number of halogens is 2. The predicted molar refractivity (Wildman–Crippen MR) is 97.3 cm³/mol. The summed E-state index contributed by atoms with van der Waals surface area (Å²) in [4.78, 5) is 12.4. The first-order valence-electron chi connectivity index (χ1n) is 6.70. The van der Waals surface area contributed by atoms with Crippen molar-refractivity contribution >= 4 is 51.5 Å². The van der Waals surface area contributed by atoms with Crippen LogP contribution in [-0.4, -0.2) is 12.5 Å². The van der Waals surface area contributed by atoms with Gasteiger partial charge < -0.3 is 10.6 Å². The minimum absolute atomic E-state index is 0.168. The van der Waals surface area contributed by atoms with Gasteiger partial charge in [0.2, 0.25) is 0 Å². The van der Waals surface area contributed by atoms with Gasteiger partial charge in [0.15, 0.2) is 0 Å². The summed E-state index contributed by atoms with van der Waals surface area (Å²) < 4.78 is 1.07. The molecule has 1 amide bonds. The van der Waals surface area contributed by atoms with Gasteiger partial charge in [0.1, 0.15) is 0 Å². The number of carbonyl (C=O) groups is 1. The fourth-order valence-corrected chi connectivity index (χ4v) is 2.60. The first-order valence-corrected chi connectivity index (χ1v) is 8.16. The van der Waals surface area contributed by atoms with Crippen LogP contribution in [0.2, 0.25) is 5.02 Å². The monoisotopic (exact) mass is 414 g/mol. The van der Waals surface area contributed by atoms with Gasteiger partial charge in [-0.1, -0.05) is 24.6 Å². The van der Waals surface area contributed by atoms with Crippen molar-refractivity contribution in [2.75, 3.05) is 17.2 Å². The minimum Gasteiger partial charge on any atom is -0.384 e. The van der Waals surface area contributed by atoms with Crippen molar-refractivity contribution in [2.24, 2.45) is 0 Å². The fraction of sp³-hybridized carbons (Fsp3) is 0.188. The smallest absolute Gasteiger partial charge is 0.257 e. The quantitative estimate of drug-likeness (QED) is 0.675. The molecule has 0 fully saturated rings. The van der Waals surface area contributed by atoms with E-state index in [-0.39, 0.29) is 5.91 Å². The molecule has 3 nitrogen and oxygen atoms in total. The maximum Gasteiger partial charge on any atom is 0.257 e. The van der Waals surface area contributed by atoms with Gasteiger partial charge >= 0.3 is 0 Å². The number of benzene rings is 2. The third-order valence-corrected chi connectivity index (χ3v) is 3.78. The highest BCUT2D eigenvalue weighted by molar-refractivity contribution is 14.1. The van der Waals surface area contributed by atoms with E-state index < -0.39 is 0 Å². The van der Waals surface area contributed by atoms with Crippen LogP contribution < -0.4 is 10.6 Å². The molecular formula is C16H16ClIN2O. The van der Waals surface area contributed by atoms with Gasteiger partial charge in [-0.2, -0.15) is 0 Å². The summed E-state index contributed by atoms with van der Waals surface area (Å²) in [5.74, 6) is -0.168. The highest BCUT2D eigenvalue weighted by atomic mass is 127. The molecule has 2 rings (SSSR count). The van der Waals surface area contributed by atoms with Crippen molar-refractivity contribution in [3.8, 4) is 0 Å². The highest BCUT2D eigenvalue weighted by Gasteiger charge is 2.12. The number of anilines is 2. The zero-order chi connectivity index (χ0) is 15.2. The summed E-state index contributed by atoms with van der Waals surface area (Å²) in [7, 11) is 0. The summed E-state index contributed by atoms with van der Waals surface area (Å²) in [6.07, 6.45) is 0.987. The van der Waals surface area contributed by atoms with Gasteiger partial charge in [-0.15, -0.1) is 0 Å².